The SMILES string of the molecule is Fc1ccc(CNC2(COc3ccc(-c4csc5ccccc45)cc3)CO2)cc1. The summed E-state index contributed by atoms with van der Waals surface area (Å²) in [7, 11) is 0. The van der Waals surface area contributed by atoms with Gasteiger partial charge in [0.2, 0.25) is 0 Å². The summed E-state index contributed by atoms with van der Waals surface area (Å²) in [6.45, 7) is 1.63. The van der Waals surface area contributed by atoms with E-state index in [0.29, 0.717) is 19.8 Å². The second-order valence-electron chi connectivity index (χ2n) is 7.22. The number of halogens is 1. The number of hydrogen-bond acceptors (Lipinski definition) is 4. The lowest BCUT2D eigenvalue weighted by Crippen LogP contribution is -2.38. The molecular weight excluding hydrogens is 385 g/mol. The molecule has 1 aromatic heterocycles. The Kier molecular flexibility index (Phi) is 4.79. The number of epoxide rings is 1. The van der Waals surface area contributed by atoms with Gasteiger partial charge in [-0.2, -0.15) is 0 Å². The number of rotatable bonds is 7. The van der Waals surface area contributed by atoms with Crippen molar-refractivity contribution >= 4 is 21.4 Å². The smallest absolute Gasteiger partial charge is 0.177 e. The van der Waals surface area contributed by atoms with Gasteiger partial charge in [-0.3, -0.25) is 5.32 Å². The van der Waals surface area contributed by atoms with Gasteiger partial charge in [0, 0.05) is 22.2 Å². The molecule has 146 valence electrons. The molecule has 0 amide bonds. The van der Waals surface area contributed by atoms with Gasteiger partial charge in [-0.15, -0.1) is 11.3 Å². The van der Waals surface area contributed by atoms with Crippen molar-refractivity contribution in [2.45, 2.75) is 12.3 Å². The van der Waals surface area contributed by atoms with E-state index in [1.165, 1.54) is 33.3 Å². The monoisotopic (exact) mass is 405 g/mol. The van der Waals surface area contributed by atoms with Crippen LogP contribution < -0.4 is 10.1 Å². The molecular formula is C24H20FNO2S. The van der Waals surface area contributed by atoms with Crippen molar-refractivity contribution in [3.63, 3.8) is 0 Å². The fourth-order valence-electron chi connectivity index (χ4n) is 3.32. The van der Waals surface area contributed by atoms with E-state index in [1.807, 2.05) is 12.1 Å². The molecule has 5 heteroatoms. The van der Waals surface area contributed by atoms with E-state index in [2.05, 4.69) is 47.1 Å². The minimum absolute atomic E-state index is 0.228. The number of thiophene rings is 1. The first-order valence-electron chi connectivity index (χ1n) is 9.54. The first-order chi connectivity index (χ1) is 14.2. The Labute approximate surface area is 172 Å². The lowest BCUT2D eigenvalue weighted by atomic mass is 10.0. The first-order valence-corrected chi connectivity index (χ1v) is 10.4. The maximum Gasteiger partial charge on any atom is 0.177 e. The van der Waals surface area contributed by atoms with Crippen LogP contribution in [0.3, 0.4) is 0 Å². The van der Waals surface area contributed by atoms with Crippen molar-refractivity contribution in [2.75, 3.05) is 13.2 Å². The Morgan fingerprint density at radius 2 is 1.76 bits per heavy atom. The molecule has 1 N–H and O–H groups in total. The Balaban J connectivity index is 1.21. The normalized spacial score (nSPS) is 18.1. The topological polar surface area (TPSA) is 33.8 Å². The highest BCUT2D eigenvalue weighted by molar-refractivity contribution is 7.17. The molecule has 0 radical (unpaired) electrons. The predicted molar refractivity (Wildman–Crippen MR) is 115 cm³/mol. The van der Waals surface area contributed by atoms with Crippen molar-refractivity contribution in [3.8, 4) is 16.9 Å². The Morgan fingerprint density at radius 3 is 2.52 bits per heavy atom. The van der Waals surface area contributed by atoms with Crippen molar-refractivity contribution in [2.24, 2.45) is 0 Å². The highest BCUT2D eigenvalue weighted by atomic mass is 32.1. The summed E-state index contributed by atoms with van der Waals surface area (Å²) in [5.74, 6) is 0.583. The Morgan fingerprint density at radius 1 is 1.00 bits per heavy atom. The first kappa shape index (κ1) is 18.3. The molecule has 2 heterocycles. The maximum absolute atomic E-state index is 13.0. The highest BCUT2D eigenvalue weighted by Gasteiger charge is 2.45. The molecule has 1 atom stereocenters. The van der Waals surface area contributed by atoms with E-state index in [4.69, 9.17) is 9.47 Å². The second-order valence-corrected chi connectivity index (χ2v) is 8.13. The molecule has 1 aliphatic heterocycles. The second kappa shape index (κ2) is 7.59. The molecule has 1 fully saturated rings. The lowest BCUT2D eigenvalue weighted by molar-refractivity contribution is 0.157. The molecule has 29 heavy (non-hydrogen) atoms. The predicted octanol–water partition coefficient (Wildman–Crippen LogP) is 5.60. The average Bonchev–Trinajstić information content (AvgIpc) is 3.41. The van der Waals surface area contributed by atoms with Crippen LogP contribution in [-0.4, -0.2) is 18.9 Å². The zero-order chi connectivity index (χ0) is 19.7. The summed E-state index contributed by atoms with van der Waals surface area (Å²) in [5, 5.41) is 6.84. The number of fused-ring (bicyclic) bond motifs is 1. The van der Waals surface area contributed by atoms with Gasteiger partial charge in [0.25, 0.3) is 0 Å². The Hall–Kier alpha value is -2.73. The molecule has 1 saturated heterocycles. The molecule has 0 saturated carbocycles. The van der Waals surface area contributed by atoms with Crippen LogP contribution in [-0.2, 0) is 11.3 Å². The molecule has 3 aromatic carbocycles. The van der Waals surface area contributed by atoms with E-state index in [1.54, 1.807) is 23.5 Å². The third-order valence-electron chi connectivity index (χ3n) is 5.14. The highest BCUT2D eigenvalue weighted by Crippen LogP contribution is 2.34. The van der Waals surface area contributed by atoms with Crippen LogP contribution in [0.1, 0.15) is 5.56 Å². The van der Waals surface area contributed by atoms with E-state index in [0.717, 1.165) is 11.3 Å². The van der Waals surface area contributed by atoms with Gasteiger partial charge in [0.05, 0.1) is 6.61 Å². The van der Waals surface area contributed by atoms with Crippen LogP contribution in [0.15, 0.2) is 78.2 Å². The van der Waals surface area contributed by atoms with Gasteiger partial charge in [0.1, 0.15) is 18.2 Å². The standard InChI is InChI=1S/C24H20FNO2S/c25-19-9-5-17(6-10-19)13-26-24(16-28-24)15-27-20-11-7-18(8-12-20)22-14-29-23-4-2-1-3-21(22)23/h1-12,14,26H,13,15-16H2. The minimum Gasteiger partial charge on any atom is -0.489 e. The van der Waals surface area contributed by atoms with Crippen LogP contribution in [0.4, 0.5) is 4.39 Å². The summed E-state index contributed by atoms with van der Waals surface area (Å²) in [6, 6.07) is 23.1. The van der Waals surface area contributed by atoms with Crippen molar-refractivity contribution < 1.29 is 13.9 Å². The van der Waals surface area contributed by atoms with E-state index < -0.39 is 5.72 Å². The molecule has 0 bridgehead atoms. The van der Waals surface area contributed by atoms with Gasteiger partial charge in [-0.05, 0) is 46.8 Å². The maximum atomic E-state index is 13.0. The minimum atomic E-state index is -0.462. The van der Waals surface area contributed by atoms with Crippen LogP contribution in [0.5, 0.6) is 5.75 Å². The number of nitrogens with one attached hydrogen (secondary N) is 1. The molecule has 1 aliphatic rings. The van der Waals surface area contributed by atoms with Gasteiger partial charge >= 0.3 is 0 Å². The Bertz CT molecular complexity index is 1120. The summed E-state index contributed by atoms with van der Waals surface area (Å²) in [6.07, 6.45) is 0. The van der Waals surface area contributed by atoms with Crippen LogP contribution in [0.2, 0.25) is 0 Å². The molecule has 4 aromatic rings. The van der Waals surface area contributed by atoms with Gasteiger partial charge < -0.3 is 9.47 Å². The number of ether oxygens (including phenoxy) is 2. The molecule has 3 nitrogen and oxygen atoms in total. The molecule has 1 unspecified atom stereocenters. The fourth-order valence-corrected chi connectivity index (χ4v) is 4.29. The van der Waals surface area contributed by atoms with Crippen molar-refractivity contribution in [3.05, 3.63) is 89.6 Å². The molecule has 0 spiro atoms. The van der Waals surface area contributed by atoms with Crippen LogP contribution in [0, 0.1) is 5.82 Å². The van der Waals surface area contributed by atoms with E-state index in [-0.39, 0.29) is 5.82 Å². The third-order valence-corrected chi connectivity index (χ3v) is 6.10. The summed E-state index contributed by atoms with van der Waals surface area (Å²) in [5.41, 5.74) is 2.98. The number of benzene rings is 3. The van der Waals surface area contributed by atoms with Crippen LogP contribution in [0.25, 0.3) is 21.2 Å². The fraction of sp³-hybridized carbons (Fsp3) is 0.167. The van der Waals surface area contributed by atoms with Crippen molar-refractivity contribution in [1.29, 1.82) is 0 Å². The quantitative estimate of drug-likeness (QED) is 0.406. The van der Waals surface area contributed by atoms with E-state index >= 15 is 0 Å². The zero-order valence-corrected chi connectivity index (χ0v) is 16.5. The van der Waals surface area contributed by atoms with E-state index in [9.17, 15) is 4.39 Å². The summed E-state index contributed by atoms with van der Waals surface area (Å²) >= 11 is 1.76. The number of hydrogen-bond donors (Lipinski definition) is 1. The largest absolute Gasteiger partial charge is 0.489 e. The van der Waals surface area contributed by atoms with Gasteiger partial charge in [0.15, 0.2) is 5.72 Å². The zero-order valence-electron chi connectivity index (χ0n) is 15.7. The molecule has 5 rings (SSSR count). The lowest BCUT2D eigenvalue weighted by Gasteiger charge is -2.15. The van der Waals surface area contributed by atoms with Crippen LogP contribution >= 0.6 is 11.3 Å². The third kappa shape index (κ3) is 4.03. The summed E-state index contributed by atoms with van der Waals surface area (Å²) in [4.78, 5) is 0. The van der Waals surface area contributed by atoms with Crippen molar-refractivity contribution in [1.82, 2.24) is 5.32 Å². The van der Waals surface area contributed by atoms with Gasteiger partial charge in [-0.1, -0.05) is 42.5 Å². The van der Waals surface area contributed by atoms with Gasteiger partial charge in [-0.25, -0.2) is 4.39 Å². The average molecular weight is 405 g/mol. The summed E-state index contributed by atoms with van der Waals surface area (Å²) < 4.78 is 25.8. The molecule has 0 aliphatic carbocycles.